The average Bonchev–Trinajstić information content (AvgIpc) is 2.86. The number of anilines is 1. The van der Waals surface area contributed by atoms with E-state index in [0.29, 0.717) is 13.0 Å². The second-order valence-corrected chi connectivity index (χ2v) is 4.04. The predicted molar refractivity (Wildman–Crippen MR) is 61.3 cm³/mol. The highest BCUT2D eigenvalue weighted by Gasteiger charge is 2.30. The molecule has 0 aliphatic carbocycles. The molecule has 1 aromatic heterocycles. The first kappa shape index (κ1) is 9.42. The molecule has 1 saturated heterocycles. The molecular formula is C12H12N2O2. The van der Waals surface area contributed by atoms with E-state index in [2.05, 4.69) is 4.98 Å². The number of hydrogen-bond donors (Lipinski definition) is 2. The highest BCUT2D eigenvalue weighted by molar-refractivity contribution is 6.00. The molecule has 4 heteroatoms. The van der Waals surface area contributed by atoms with Crippen LogP contribution in [0.4, 0.5) is 5.69 Å². The minimum absolute atomic E-state index is 0.199. The fraction of sp³-hybridized carbons (Fsp3) is 0.250. The van der Waals surface area contributed by atoms with E-state index in [0.717, 1.165) is 16.6 Å². The molecule has 1 aliphatic rings. The van der Waals surface area contributed by atoms with E-state index in [9.17, 15) is 9.90 Å². The van der Waals surface area contributed by atoms with E-state index in [-0.39, 0.29) is 5.91 Å². The zero-order valence-corrected chi connectivity index (χ0v) is 8.68. The van der Waals surface area contributed by atoms with Gasteiger partial charge in [0.15, 0.2) is 0 Å². The van der Waals surface area contributed by atoms with E-state index in [4.69, 9.17) is 0 Å². The van der Waals surface area contributed by atoms with Crippen molar-refractivity contribution in [1.29, 1.82) is 0 Å². The van der Waals surface area contributed by atoms with Crippen molar-refractivity contribution in [3.05, 3.63) is 30.5 Å². The summed E-state index contributed by atoms with van der Waals surface area (Å²) >= 11 is 0. The van der Waals surface area contributed by atoms with Crippen LogP contribution in [-0.2, 0) is 4.79 Å². The van der Waals surface area contributed by atoms with E-state index < -0.39 is 6.10 Å². The van der Waals surface area contributed by atoms with Crippen molar-refractivity contribution < 1.29 is 9.90 Å². The normalized spacial score (nSPS) is 20.9. The van der Waals surface area contributed by atoms with Gasteiger partial charge in [-0.25, -0.2) is 0 Å². The van der Waals surface area contributed by atoms with Crippen LogP contribution in [0.15, 0.2) is 30.5 Å². The monoisotopic (exact) mass is 216 g/mol. The molecule has 16 heavy (non-hydrogen) atoms. The molecule has 0 saturated carbocycles. The average molecular weight is 216 g/mol. The molecule has 0 spiro atoms. The van der Waals surface area contributed by atoms with Crippen molar-refractivity contribution in [2.75, 3.05) is 11.4 Å². The Bertz CT molecular complexity index is 547. The number of nitrogens with zero attached hydrogens (tertiary/aromatic N) is 1. The summed E-state index contributed by atoms with van der Waals surface area (Å²) in [7, 11) is 0. The van der Waals surface area contributed by atoms with Crippen molar-refractivity contribution >= 4 is 22.5 Å². The molecule has 0 bridgehead atoms. The number of aliphatic hydroxyl groups excluding tert-OH is 1. The predicted octanol–water partition coefficient (Wildman–Crippen LogP) is 1.27. The number of H-pyrrole nitrogens is 1. The molecule has 2 N–H and O–H groups in total. The Morgan fingerprint density at radius 1 is 1.38 bits per heavy atom. The third-order valence-electron chi connectivity index (χ3n) is 3.03. The Balaban J connectivity index is 2.02. The standard InChI is InChI=1S/C12H12N2O2/c15-11-4-6-14(12(11)16)9-1-2-10-8(7-9)3-5-13-10/h1-3,5,7,11,13,15H,4,6H2. The fourth-order valence-electron chi connectivity index (χ4n) is 2.13. The second-order valence-electron chi connectivity index (χ2n) is 4.04. The molecule has 2 aromatic rings. The smallest absolute Gasteiger partial charge is 0.255 e. The molecule has 4 nitrogen and oxygen atoms in total. The molecule has 1 amide bonds. The van der Waals surface area contributed by atoms with Crippen LogP contribution in [0.2, 0.25) is 0 Å². The number of aromatic amines is 1. The number of fused-ring (bicyclic) bond motifs is 1. The number of rotatable bonds is 1. The summed E-state index contributed by atoms with van der Waals surface area (Å²) < 4.78 is 0. The van der Waals surface area contributed by atoms with Crippen LogP contribution < -0.4 is 4.90 Å². The molecule has 82 valence electrons. The van der Waals surface area contributed by atoms with E-state index in [1.807, 2.05) is 30.5 Å². The third-order valence-corrected chi connectivity index (χ3v) is 3.03. The maximum Gasteiger partial charge on any atom is 0.255 e. The van der Waals surface area contributed by atoms with Gasteiger partial charge in [-0.15, -0.1) is 0 Å². The van der Waals surface area contributed by atoms with E-state index >= 15 is 0 Å². The first-order valence-corrected chi connectivity index (χ1v) is 5.32. The van der Waals surface area contributed by atoms with Gasteiger partial charge in [-0.1, -0.05) is 0 Å². The summed E-state index contributed by atoms with van der Waals surface area (Å²) in [6.07, 6.45) is 1.56. The SMILES string of the molecule is O=C1C(O)CCN1c1ccc2[nH]ccc2c1. The lowest BCUT2D eigenvalue weighted by molar-refractivity contribution is -0.123. The van der Waals surface area contributed by atoms with Gasteiger partial charge in [0.05, 0.1) is 0 Å². The van der Waals surface area contributed by atoms with Gasteiger partial charge in [-0.2, -0.15) is 0 Å². The van der Waals surface area contributed by atoms with Gasteiger partial charge < -0.3 is 15.0 Å². The van der Waals surface area contributed by atoms with Gasteiger partial charge in [0.1, 0.15) is 6.10 Å². The van der Waals surface area contributed by atoms with Gasteiger partial charge in [0, 0.05) is 35.8 Å². The lowest BCUT2D eigenvalue weighted by atomic mass is 10.2. The van der Waals surface area contributed by atoms with Crippen molar-refractivity contribution in [2.45, 2.75) is 12.5 Å². The van der Waals surface area contributed by atoms with E-state index in [1.54, 1.807) is 4.90 Å². The van der Waals surface area contributed by atoms with Crippen molar-refractivity contribution in [3.8, 4) is 0 Å². The van der Waals surface area contributed by atoms with Gasteiger partial charge in [-0.05, 0) is 24.3 Å². The van der Waals surface area contributed by atoms with Gasteiger partial charge in [-0.3, -0.25) is 4.79 Å². The molecule has 3 rings (SSSR count). The molecular weight excluding hydrogens is 204 g/mol. The Morgan fingerprint density at radius 2 is 2.25 bits per heavy atom. The number of benzene rings is 1. The zero-order valence-electron chi connectivity index (χ0n) is 8.68. The number of hydrogen-bond acceptors (Lipinski definition) is 2. The number of aromatic nitrogens is 1. The van der Waals surface area contributed by atoms with Crippen LogP contribution >= 0.6 is 0 Å². The molecule has 1 unspecified atom stereocenters. The molecule has 2 heterocycles. The lowest BCUT2D eigenvalue weighted by Gasteiger charge is -2.15. The van der Waals surface area contributed by atoms with Crippen LogP contribution in [-0.4, -0.2) is 28.6 Å². The summed E-state index contributed by atoms with van der Waals surface area (Å²) in [5, 5.41) is 10.5. The minimum Gasteiger partial charge on any atom is -0.383 e. The Morgan fingerprint density at radius 3 is 3.00 bits per heavy atom. The number of aliphatic hydroxyl groups is 1. The first-order chi connectivity index (χ1) is 7.75. The lowest BCUT2D eigenvalue weighted by Crippen LogP contribution is -2.28. The zero-order chi connectivity index (χ0) is 11.1. The summed E-state index contributed by atoms with van der Waals surface area (Å²) in [4.78, 5) is 16.4. The van der Waals surface area contributed by atoms with Crippen molar-refractivity contribution in [2.24, 2.45) is 0 Å². The third kappa shape index (κ3) is 1.31. The minimum atomic E-state index is -0.832. The van der Waals surface area contributed by atoms with Crippen molar-refractivity contribution in [3.63, 3.8) is 0 Å². The van der Waals surface area contributed by atoms with Crippen molar-refractivity contribution in [1.82, 2.24) is 4.98 Å². The highest BCUT2D eigenvalue weighted by Crippen LogP contribution is 2.25. The largest absolute Gasteiger partial charge is 0.383 e. The molecule has 1 aliphatic heterocycles. The van der Waals surface area contributed by atoms with E-state index in [1.165, 1.54) is 0 Å². The van der Waals surface area contributed by atoms with Crippen LogP contribution in [0.3, 0.4) is 0 Å². The topological polar surface area (TPSA) is 56.3 Å². The fourth-order valence-corrected chi connectivity index (χ4v) is 2.13. The first-order valence-electron chi connectivity index (χ1n) is 5.32. The summed E-state index contributed by atoms with van der Waals surface area (Å²) in [5.74, 6) is -0.199. The number of carbonyl (C=O) groups excluding carboxylic acids is 1. The maximum atomic E-state index is 11.6. The molecule has 1 aromatic carbocycles. The number of nitrogens with one attached hydrogen (secondary N) is 1. The Labute approximate surface area is 92.5 Å². The molecule has 0 radical (unpaired) electrons. The van der Waals surface area contributed by atoms with Gasteiger partial charge >= 0.3 is 0 Å². The quantitative estimate of drug-likeness (QED) is 0.754. The van der Waals surface area contributed by atoms with Crippen LogP contribution in [0, 0.1) is 0 Å². The Kier molecular flexibility index (Phi) is 1.97. The van der Waals surface area contributed by atoms with Crippen LogP contribution in [0.5, 0.6) is 0 Å². The van der Waals surface area contributed by atoms with Crippen LogP contribution in [0.25, 0.3) is 10.9 Å². The maximum absolute atomic E-state index is 11.6. The Hall–Kier alpha value is -1.81. The summed E-state index contributed by atoms with van der Waals surface area (Å²) in [5.41, 5.74) is 1.91. The molecule has 1 atom stereocenters. The number of carbonyl (C=O) groups is 1. The summed E-state index contributed by atoms with van der Waals surface area (Å²) in [6, 6.07) is 7.77. The summed E-state index contributed by atoms with van der Waals surface area (Å²) in [6.45, 7) is 0.593. The molecule has 1 fully saturated rings. The van der Waals surface area contributed by atoms with Crippen LogP contribution in [0.1, 0.15) is 6.42 Å². The van der Waals surface area contributed by atoms with Gasteiger partial charge in [0.25, 0.3) is 5.91 Å². The second kappa shape index (κ2) is 3.35. The highest BCUT2D eigenvalue weighted by atomic mass is 16.3. The number of amides is 1. The van der Waals surface area contributed by atoms with Gasteiger partial charge in [0.2, 0.25) is 0 Å².